The molecule has 3 fully saturated rings. The fourth-order valence-electron chi connectivity index (χ4n) is 6.16. The normalized spacial score (nSPS) is 24.2. The third kappa shape index (κ3) is 6.53. The molecule has 0 saturated carbocycles. The van der Waals surface area contributed by atoms with Gasteiger partial charge in [0.05, 0.1) is 13.3 Å². The maximum absolute atomic E-state index is 13.2. The third-order valence-electron chi connectivity index (χ3n) is 8.72. The molecule has 0 bridgehead atoms. The van der Waals surface area contributed by atoms with E-state index in [4.69, 9.17) is 4.74 Å². The van der Waals surface area contributed by atoms with Crippen LogP contribution in [0.25, 0.3) is 6.08 Å². The molecule has 2 aromatic carbocycles. The number of amides is 1. The minimum Gasteiger partial charge on any atom is -0.364 e. The molecule has 0 N–H and O–H groups in total. The van der Waals surface area contributed by atoms with Gasteiger partial charge in [0.2, 0.25) is 0 Å². The van der Waals surface area contributed by atoms with Crippen molar-refractivity contribution in [1.29, 1.82) is 0 Å². The van der Waals surface area contributed by atoms with Crippen LogP contribution in [0.3, 0.4) is 0 Å². The second kappa shape index (κ2) is 12.5. The van der Waals surface area contributed by atoms with E-state index in [0.29, 0.717) is 17.9 Å². The van der Waals surface area contributed by atoms with Crippen LogP contribution in [-0.4, -0.2) is 79.8 Å². The molecular weight excluding hydrogens is 477 g/mol. The van der Waals surface area contributed by atoms with Crippen LogP contribution in [0.1, 0.15) is 65.6 Å². The van der Waals surface area contributed by atoms with Crippen molar-refractivity contribution in [3.8, 4) is 0 Å². The minimum absolute atomic E-state index is 0.159. The summed E-state index contributed by atoms with van der Waals surface area (Å²) < 4.78 is 18.3. The predicted molar refractivity (Wildman–Crippen MR) is 151 cm³/mol. The Kier molecular flexibility index (Phi) is 8.93. The number of halogens is 1. The number of carbonyl (C=O) groups is 1. The summed E-state index contributed by atoms with van der Waals surface area (Å²) in [5, 5.41) is 0. The Morgan fingerprint density at radius 2 is 1.84 bits per heavy atom. The Hall–Kier alpha value is -2.54. The molecule has 3 saturated heterocycles. The lowest BCUT2D eigenvalue weighted by Crippen LogP contribution is -2.38. The predicted octanol–water partition coefficient (Wildman–Crippen LogP) is 5.42. The van der Waals surface area contributed by atoms with Crippen LogP contribution in [0, 0.1) is 11.7 Å². The quantitative estimate of drug-likeness (QED) is 0.540. The van der Waals surface area contributed by atoms with Gasteiger partial charge in [0.15, 0.2) is 0 Å². The SMILES string of the molecule is CC1COCN1C.O=C(c1cccc2c1C=CCC2)N1CCC(CN2CCC(c3ccc(F)cc3)CC2)C1. The maximum atomic E-state index is 13.2. The number of nitrogens with zero attached hydrogens (tertiary/aromatic N) is 3. The number of likely N-dealkylation sites (N-methyl/N-ethyl adjacent to an activating group) is 1. The Labute approximate surface area is 227 Å². The number of likely N-dealkylation sites (tertiary alicyclic amines) is 2. The molecule has 2 atom stereocenters. The van der Waals surface area contributed by atoms with Gasteiger partial charge in [-0.1, -0.05) is 36.4 Å². The molecule has 0 spiro atoms. The van der Waals surface area contributed by atoms with Crippen molar-refractivity contribution in [2.24, 2.45) is 5.92 Å². The van der Waals surface area contributed by atoms with Gasteiger partial charge in [0, 0.05) is 31.2 Å². The Morgan fingerprint density at radius 1 is 1.05 bits per heavy atom. The Bertz CT molecular complexity index is 1100. The highest BCUT2D eigenvalue weighted by molar-refractivity contribution is 5.98. The fourth-order valence-corrected chi connectivity index (χ4v) is 6.16. The average Bonchev–Trinajstić information content (AvgIpc) is 3.57. The first-order chi connectivity index (χ1) is 18.5. The molecule has 38 heavy (non-hydrogen) atoms. The smallest absolute Gasteiger partial charge is 0.254 e. The molecule has 0 aromatic heterocycles. The van der Waals surface area contributed by atoms with E-state index in [0.717, 1.165) is 89.3 Å². The van der Waals surface area contributed by atoms with Crippen molar-refractivity contribution in [2.75, 3.05) is 53.1 Å². The Balaban J connectivity index is 0.000000366. The zero-order chi connectivity index (χ0) is 26.5. The number of hydrogen-bond acceptors (Lipinski definition) is 4. The number of aryl methyl sites for hydroxylation is 1. The molecule has 204 valence electrons. The van der Waals surface area contributed by atoms with Crippen molar-refractivity contribution in [3.05, 3.63) is 76.6 Å². The number of hydrogen-bond donors (Lipinski definition) is 0. The van der Waals surface area contributed by atoms with Gasteiger partial charge in [-0.15, -0.1) is 0 Å². The zero-order valence-electron chi connectivity index (χ0n) is 22.9. The van der Waals surface area contributed by atoms with E-state index in [2.05, 4.69) is 46.9 Å². The van der Waals surface area contributed by atoms with Crippen LogP contribution in [0.4, 0.5) is 4.39 Å². The van der Waals surface area contributed by atoms with Gasteiger partial charge in [0.25, 0.3) is 5.91 Å². The molecule has 1 aliphatic carbocycles. The van der Waals surface area contributed by atoms with E-state index in [-0.39, 0.29) is 11.7 Å². The monoisotopic (exact) mass is 519 g/mol. The van der Waals surface area contributed by atoms with Gasteiger partial charge >= 0.3 is 0 Å². The summed E-state index contributed by atoms with van der Waals surface area (Å²) in [5.41, 5.74) is 4.56. The molecule has 6 heteroatoms. The van der Waals surface area contributed by atoms with E-state index in [1.807, 2.05) is 24.3 Å². The molecule has 0 radical (unpaired) electrons. The lowest BCUT2D eigenvalue weighted by Gasteiger charge is -2.33. The lowest BCUT2D eigenvalue weighted by molar-refractivity contribution is 0.0781. The van der Waals surface area contributed by atoms with Crippen molar-refractivity contribution < 1.29 is 13.9 Å². The number of piperidine rings is 1. The van der Waals surface area contributed by atoms with Crippen LogP contribution in [0.15, 0.2) is 48.5 Å². The largest absolute Gasteiger partial charge is 0.364 e. The highest BCUT2D eigenvalue weighted by Gasteiger charge is 2.31. The summed E-state index contributed by atoms with van der Waals surface area (Å²) in [4.78, 5) is 20.0. The average molecular weight is 520 g/mol. The van der Waals surface area contributed by atoms with Crippen LogP contribution >= 0.6 is 0 Å². The van der Waals surface area contributed by atoms with Crippen molar-refractivity contribution in [3.63, 3.8) is 0 Å². The van der Waals surface area contributed by atoms with Crippen molar-refractivity contribution in [2.45, 2.75) is 51.0 Å². The molecule has 3 heterocycles. The maximum Gasteiger partial charge on any atom is 0.254 e. The van der Waals surface area contributed by atoms with Gasteiger partial charge in [0.1, 0.15) is 5.82 Å². The Morgan fingerprint density at radius 3 is 2.53 bits per heavy atom. The molecule has 5 nitrogen and oxygen atoms in total. The molecule has 2 unspecified atom stereocenters. The summed E-state index contributed by atoms with van der Waals surface area (Å²) in [7, 11) is 2.07. The number of allylic oxidation sites excluding steroid dienone is 1. The molecule has 4 aliphatic rings. The third-order valence-corrected chi connectivity index (χ3v) is 8.72. The standard InChI is InChI=1S/C27H31FN2O.C5H11NO/c28-24-10-8-21(9-11-24)22-13-15-29(16-14-22)18-20-12-17-30(19-20)27(31)26-7-3-5-23-4-1-2-6-25(23)26;1-5-3-7-4-6(5)2/h2-3,5-11,20,22H,1,4,12-19H2;5H,3-4H2,1-2H3. The summed E-state index contributed by atoms with van der Waals surface area (Å²) in [5.74, 6) is 1.13. The lowest BCUT2D eigenvalue weighted by atomic mass is 9.89. The highest BCUT2D eigenvalue weighted by atomic mass is 19.1. The van der Waals surface area contributed by atoms with E-state index in [1.54, 1.807) is 12.1 Å². The molecule has 6 rings (SSSR count). The van der Waals surface area contributed by atoms with Gasteiger partial charge in [-0.2, -0.15) is 0 Å². The number of carbonyl (C=O) groups excluding carboxylic acids is 1. The van der Waals surface area contributed by atoms with Gasteiger partial charge in [-0.3, -0.25) is 9.69 Å². The van der Waals surface area contributed by atoms with Gasteiger partial charge < -0.3 is 14.5 Å². The number of benzene rings is 2. The number of ether oxygens (including phenoxy) is 1. The molecule has 3 aliphatic heterocycles. The zero-order valence-corrected chi connectivity index (χ0v) is 22.9. The van der Waals surface area contributed by atoms with Crippen LogP contribution < -0.4 is 0 Å². The first-order valence-corrected chi connectivity index (χ1v) is 14.3. The summed E-state index contributed by atoms with van der Waals surface area (Å²) in [6.07, 6.45) is 9.76. The fraction of sp³-hybridized carbons (Fsp3) is 0.531. The van der Waals surface area contributed by atoms with Crippen molar-refractivity contribution in [1.82, 2.24) is 14.7 Å². The van der Waals surface area contributed by atoms with Gasteiger partial charge in [-0.05, 0) is 106 Å². The van der Waals surface area contributed by atoms with Crippen LogP contribution in [0.2, 0.25) is 0 Å². The van der Waals surface area contributed by atoms with Crippen LogP contribution in [-0.2, 0) is 11.2 Å². The summed E-state index contributed by atoms with van der Waals surface area (Å²) in [6, 6.07) is 13.8. The number of rotatable bonds is 4. The first-order valence-electron chi connectivity index (χ1n) is 14.3. The first kappa shape index (κ1) is 27.0. The minimum atomic E-state index is -0.159. The number of fused-ring (bicyclic) bond motifs is 1. The van der Waals surface area contributed by atoms with E-state index in [1.165, 1.54) is 11.1 Å². The van der Waals surface area contributed by atoms with Gasteiger partial charge in [-0.25, -0.2) is 4.39 Å². The topological polar surface area (TPSA) is 36.0 Å². The van der Waals surface area contributed by atoms with Crippen LogP contribution in [0.5, 0.6) is 0 Å². The second-order valence-electron chi connectivity index (χ2n) is 11.5. The van der Waals surface area contributed by atoms with E-state index < -0.39 is 0 Å². The van der Waals surface area contributed by atoms with E-state index in [9.17, 15) is 9.18 Å². The highest BCUT2D eigenvalue weighted by Crippen LogP contribution is 2.30. The molecule has 1 amide bonds. The summed E-state index contributed by atoms with van der Waals surface area (Å²) in [6.45, 7) is 8.84. The van der Waals surface area contributed by atoms with E-state index >= 15 is 0 Å². The second-order valence-corrected chi connectivity index (χ2v) is 11.5. The molecular formula is C32H42FN3O2. The molecule has 2 aromatic rings. The van der Waals surface area contributed by atoms with Crippen molar-refractivity contribution >= 4 is 12.0 Å². The summed E-state index contributed by atoms with van der Waals surface area (Å²) >= 11 is 0.